The molecule has 0 radical (unpaired) electrons. The summed E-state index contributed by atoms with van der Waals surface area (Å²) in [6, 6.07) is 8.20. The number of hydrogen-bond donors (Lipinski definition) is 0. The van der Waals surface area contributed by atoms with E-state index in [4.69, 9.17) is 4.74 Å². The van der Waals surface area contributed by atoms with E-state index in [9.17, 15) is 0 Å². The molecule has 0 heterocycles. The molecule has 0 amide bonds. The lowest BCUT2D eigenvalue weighted by molar-refractivity contribution is 0.289. The quantitative estimate of drug-likeness (QED) is 0.702. The molecule has 0 bridgehead atoms. The van der Waals surface area contributed by atoms with Gasteiger partial charge < -0.3 is 4.74 Å². The molecule has 0 saturated carbocycles. The Labute approximate surface area is 88.1 Å². The van der Waals surface area contributed by atoms with E-state index in [0.29, 0.717) is 5.92 Å². The number of ether oxygens (including phenoxy) is 1. The minimum atomic E-state index is 0. The lowest BCUT2D eigenvalue weighted by Crippen LogP contribution is -2.01. The predicted octanol–water partition coefficient (Wildman–Crippen LogP) is 4.06. The van der Waals surface area contributed by atoms with Gasteiger partial charge in [0.15, 0.2) is 0 Å². The summed E-state index contributed by atoms with van der Waals surface area (Å²) in [6.45, 7) is 7.32. The van der Waals surface area contributed by atoms with Crippen LogP contribution >= 0.6 is 0 Å². The lowest BCUT2D eigenvalue weighted by atomic mass is 10.1. The van der Waals surface area contributed by atoms with E-state index in [-0.39, 0.29) is 7.43 Å². The molecular formula is C13H22O. The van der Waals surface area contributed by atoms with Crippen molar-refractivity contribution in [2.24, 2.45) is 5.92 Å². The van der Waals surface area contributed by atoms with Crippen LogP contribution in [0.2, 0.25) is 0 Å². The average Bonchev–Trinajstić information content (AvgIpc) is 2.08. The zero-order valence-electron chi connectivity index (χ0n) is 8.71. The maximum Gasteiger partial charge on any atom is 0.119 e. The Kier molecular flexibility index (Phi) is 6.02. The first-order chi connectivity index (χ1) is 6.18. The topological polar surface area (TPSA) is 9.23 Å². The van der Waals surface area contributed by atoms with Gasteiger partial charge in [0.1, 0.15) is 5.75 Å². The molecule has 14 heavy (non-hydrogen) atoms. The highest BCUT2D eigenvalue weighted by atomic mass is 16.5. The van der Waals surface area contributed by atoms with E-state index in [1.165, 1.54) is 5.56 Å². The third kappa shape index (κ3) is 4.90. The van der Waals surface area contributed by atoms with E-state index in [1.54, 1.807) is 0 Å². The molecule has 0 aliphatic heterocycles. The molecule has 0 aliphatic carbocycles. The second kappa shape index (κ2) is 6.47. The Morgan fingerprint density at radius 3 is 2.21 bits per heavy atom. The number of aryl methyl sites for hydroxylation is 1. The zero-order valence-corrected chi connectivity index (χ0v) is 8.71. The van der Waals surface area contributed by atoms with Crippen LogP contribution in [-0.4, -0.2) is 6.61 Å². The van der Waals surface area contributed by atoms with Gasteiger partial charge >= 0.3 is 0 Å². The minimum Gasteiger partial charge on any atom is -0.494 e. The van der Waals surface area contributed by atoms with Crippen molar-refractivity contribution in [3.05, 3.63) is 29.8 Å². The predicted molar refractivity (Wildman–Crippen MR) is 62.9 cm³/mol. The molecule has 1 aromatic carbocycles. The minimum absolute atomic E-state index is 0. The summed E-state index contributed by atoms with van der Waals surface area (Å²) in [4.78, 5) is 0. The van der Waals surface area contributed by atoms with Gasteiger partial charge in [0, 0.05) is 0 Å². The zero-order chi connectivity index (χ0) is 9.68. The van der Waals surface area contributed by atoms with Gasteiger partial charge in [-0.15, -0.1) is 0 Å². The van der Waals surface area contributed by atoms with Crippen LogP contribution in [0.15, 0.2) is 24.3 Å². The van der Waals surface area contributed by atoms with Crippen molar-refractivity contribution in [3.63, 3.8) is 0 Å². The van der Waals surface area contributed by atoms with Crippen molar-refractivity contribution in [1.82, 2.24) is 0 Å². The standard InChI is InChI=1S/C12H18O.CH4/c1-10(2)8-9-13-12-6-4-11(3)5-7-12;/h4-7,10H,8-9H2,1-3H3;1H4. The average molecular weight is 194 g/mol. The Balaban J connectivity index is 0.00000169. The fraction of sp³-hybridized carbons (Fsp3) is 0.538. The second-order valence-electron chi connectivity index (χ2n) is 3.84. The van der Waals surface area contributed by atoms with Crippen LogP contribution in [0.25, 0.3) is 0 Å². The van der Waals surface area contributed by atoms with Gasteiger partial charge in [-0.25, -0.2) is 0 Å². The summed E-state index contributed by atoms with van der Waals surface area (Å²) in [6.07, 6.45) is 1.12. The van der Waals surface area contributed by atoms with Crippen molar-refractivity contribution in [2.45, 2.75) is 34.6 Å². The second-order valence-corrected chi connectivity index (χ2v) is 3.84. The molecule has 1 aromatic rings. The van der Waals surface area contributed by atoms with Crippen LogP contribution in [0.3, 0.4) is 0 Å². The van der Waals surface area contributed by atoms with Crippen LogP contribution in [0.5, 0.6) is 5.75 Å². The summed E-state index contributed by atoms with van der Waals surface area (Å²) >= 11 is 0. The van der Waals surface area contributed by atoms with Crippen LogP contribution < -0.4 is 4.74 Å². The third-order valence-corrected chi connectivity index (χ3v) is 1.98. The van der Waals surface area contributed by atoms with Crippen molar-refractivity contribution in [1.29, 1.82) is 0 Å². The Morgan fingerprint density at radius 1 is 1.14 bits per heavy atom. The van der Waals surface area contributed by atoms with Crippen LogP contribution in [0.4, 0.5) is 0 Å². The molecule has 0 N–H and O–H groups in total. The number of rotatable bonds is 4. The van der Waals surface area contributed by atoms with Crippen molar-refractivity contribution < 1.29 is 4.74 Å². The van der Waals surface area contributed by atoms with Crippen LogP contribution in [0, 0.1) is 12.8 Å². The largest absolute Gasteiger partial charge is 0.494 e. The van der Waals surface area contributed by atoms with Gasteiger partial charge in [0.05, 0.1) is 6.61 Å². The van der Waals surface area contributed by atoms with E-state index < -0.39 is 0 Å². The van der Waals surface area contributed by atoms with Crippen molar-refractivity contribution >= 4 is 0 Å². The summed E-state index contributed by atoms with van der Waals surface area (Å²) in [7, 11) is 0. The van der Waals surface area contributed by atoms with Gasteiger partial charge in [-0.3, -0.25) is 0 Å². The van der Waals surface area contributed by atoms with Gasteiger partial charge in [-0.2, -0.15) is 0 Å². The monoisotopic (exact) mass is 194 g/mol. The maximum atomic E-state index is 5.57. The molecule has 0 aromatic heterocycles. The lowest BCUT2D eigenvalue weighted by Gasteiger charge is -2.07. The SMILES string of the molecule is C.Cc1ccc(OCCC(C)C)cc1. The van der Waals surface area contributed by atoms with Crippen molar-refractivity contribution in [3.8, 4) is 5.75 Å². The summed E-state index contributed by atoms with van der Waals surface area (Å²) < 4.78 is 5.57. The molecule has 0 aliphatic rings. The molecule has 1 heteroatoms. The van der Waals surface area contributed by atoms with Gasteiger partial charge in [0.2, 0.25) is 0 Å². The molecular weight excluding hydrogens is 172 g/mol. The van der Waals surface area contributed by atoms with Gasteiger partial charge in [0.25, 0.3) is 0 Å². The van der Waals surface area contributed by atoms with Gasteiger partial charge in [-0.1, -0.05) is 39.0 Å². The van der Waals surface area contributed by atoms with Crippen LogP contribution in [-0.2, 0) is 0 Å². The summed E-state index contributed by atoms with van der Waals surface area (Å²) in [5.74, 6) is 1.69. The molecule has 0 spiro atoms. The summed E-state index contributed by atoms with van der Waals surface area (Å²) in [5.41, 5.74) is 1.27. The molecule has 0 atom stereocenters. The highest BCUT2D eigenvalue weighted by molar-refractivity contribution is 5.26. The highest BCUT2D eigenvalue weighted by Gasteiger charge is 1.95. The van der Waals surface area contributed by atoms with Gasteiger partial charge in [-0.05, 0) is 31.4 Å². The van der Waals surface area contributed by atoms with E-state index in [0.717, 1.165) is 18.8 Å². The van der Waals surface area contributed by atoms with E-state index in [1.807, 2.05) is 12.1 Å². The highest BCUT2D eigenvalue weighted by Crippen LogP contribution is 2.12. The van der Waals surface area contributed by atoms with E-state index >= 15 is 0 Å². The number of hydrogen-bond acceptors (Lipinski definition) is 1. The Morgan fingerprint density at radius 2 is 1.71 bits per heavy atom. The fourth-order valence-electron chi connectivity index (χ4n) is 1.05. The number of benzene rings is 1. The Hall–Kier alpha value is -0.980. The first kappa shape index (κ1) is 13.0. The molecule has 0 fully saturated rings. The Bertz CT molecular complexity index is 236. The smallest absolute Gasteiger partial charge is 0.119 e. The molecule has 0 saturated heterocycles. The van der Waals surface area contributed by atoms with E-state index in [2.05, 4.69) is 32.9 Å². The molecule has 0 unspecified atom stereocenters. The molecule has 80 valence electrons. The summed E-state index contributed by atoms with van der Waals surface area (Å²) in [5, 5.41) is 0. The van der Waals surface area contributed by atoms with Crippen LogP contribution in [0.1, 0.15) is 33.3 Å². The van der Waals surface area contributed by atoms with Crippen molar-refractivity contribution in [2.75, 3.05) is 6.61 Å². The molecule has 1 nitrogen and oxygen atoms in total. The normalized spacial score (nSPS) is 9.71. The first-order valence-corrected chi connectivity index (χ1v) is 4.88. The first-order valence-electron chi connectivity index (χ1n) is 4.88. The molecule has 1 rings (SSSR count). The maximum absolute atomic E-state index is 5.57. The fourth-order valence-corrected chi connectivity index (χ4v) is 1.05. The third-order valence-electron chi connectivity index (χ3n) is 1.98.